The Morgan fingerprint density at radius 3 is 2.88 bits per heavy atom. The number of ether oxygens (including phenoxy) is 1. The summed E-state index contributed by atoms with van der Waals surface area (Å²) in [5, 5.41) is 0. The van der Waals surface area contributed by atoms with Gasteiger partial charge in [-0.2, -0.15) is 0 Å². The van der Waals surface area contributed by atoms with Gasteiger partial charge in [-0.05, 0) is 42.9 Å². The van der Waals surface area contributed by atoms with Crippen LogP contribution in [0.5, 0.6) is 0 Å². The van der Waals surface area contributed by atoms with Crippen LogP contribution in [0.15, 0.2) is 18.2 Å². The van der Waals surface area contributed by atoms with Crippen molar-refractivity contribution in [2.45, 2.75) is 26.2 Å². The van der Waals surface area contributed by atoms with Crippen LogP contribution in [0.4, 0.5) is 5.69 Å². The molecule has 0 aliphatic heterocycles. The highest BCUT2D eigenvalue weighted by molar-refractivity contribution is 5.75. The van der Waals surface area contributed by atoms with Crippen LogP contribution < -0.4 is 5.73 Å². The molecule has 16 heavy (non-hydrogen) atoms. The van der Waals surface area contributed by atoms with Crippen molar-refractivity contribution in [3.63, 3.8) is 0 Å². The molecule has 0 saturated heterocycles. The van der Waals surface area contributed by atoms with Crippen molar-refractivity contribution in [3.8, 4) is 0 Å². The fourth-order valence-corrected chi connectivity index (χ4v) is 1.58. The number of nitrogens with two attached hydrogens (primary N) is 1. The predicted octanol–water partition coefficient (Wildman–Crippen LogP) is 2.07. The Balaban J connectivity index is 1.89. The summed E-state index contributed by atoms with van der Waals surface area (Å²) in [6, 6.07) is 5.73. The first-order chi connectivity index (χ1) is 7.65. The molecule has 1 fully saturated rings. The number of carbonyl (C=O) groups excluding carboxylic acids is 1. The molecule has 0 atom stereocenters. The number of carbonyl (C=O) groups is 1. The number of benzene rings is 1. The fraction of sp³-hybridized carbons (Fsp3) is 0.462. The monoisotopic (exact) mass is 219 g/mol. The summed E-state index contributed by atoms with van der Waals surface area (Å²) in [6.07, 6.45) is 2.67. The van der Waals surface area contributed by atoms with E-state index in [-0.39, 0.29) is 12.4 Å². The molecule has 1 aliphatic rings. The minimum absolute atomic E-state index is 0.178. The SMILES string of the molecule is Cc1ccc(CC(=O)OCC2CC2)c(N)c1. The molecule has 1 saturated carbocycles. The molecule has 2 N–H and O–H groups in total. The van der Waals surface area contributed by atoms with Crippen molar-refractivity contribution in [1.82, 2.24) is 0 Å². The van der Waals surface area contributed by atoms with Crippen molar-refractivity contribution in [1.29, 1.82) is 0 Å². The van der Waals surface area contributed by atoms with E-state index < -0.39 is 0 Å². The number of rotatable bonds is 4. The summed E-state index contributed by atoms with van der Waals surface area (Å²) >= 11 is 0. The van der Waals surface area contributed by atoms with Crippen LogP contribution in [0.3, 0.4) is 0 Å². The quantitative estimate of drug-likeness (QED) is 0.623. The highest BCUT2D eigenvalue weighted by Crippen LogP contribution is 2.29. The molecule has 2 rings (SSSR count). The molecule has 0 radical (unpaired) electrons. The van der Waals surface area contributed by atoms with Gasteiger partial charge < -0.3 is 10.5 Å². The van der Waals surface area contributed by atoms with E-state index in [1.165, 1.54) is 12.8 Å². The second-order valence-electron chi connectivity index (χ2n) is 4.51. The fourth-order valence-electron chi connectivity index (χ4n) is 1.58. The zero-order chi connectivity index (χ0) is 11.5. The third kappa shape index (κ3) is 2.99. The lowest BCUT2D eigenvalue weighted by molar-refractivity contribution is -0.143. The van der Waals surface area contributed by atoms with Gasteiger partial charge in [-0.1, -0.05) is 12.1 Å². The van der Waals surface area contributed by atoms with E-state index in [0.717, 1.165) is 11.1 Å². The van der Waals surface area contributed by atoms with Gasteiger partial charge in [-0.3, -0.25) is 4.79 Å². The maximum absolute atomic E-state index is 11.5. The van der Waals surface area contributed by atoms with E-state index in [4.69, 9.17) is 10.5 Å². The molecule has 3 nitrogen and oxygen atoms in total. The van der Waals surface area contributed by atoms with E-state index in [9.17, 15) is 4.79 Å². The second-order valence-corrected chi connectivity index (χ2v) is 4.51. The summed E-state index contributed by atoms with van der Waals surface area (Å²) in [5.41, 5.74) is 8.46. The molecule has 0 unspecified atom stereocenters. The van der Waals surface area contributed by atoms with Gasteiger partial charge in [0, 0.05) is 5.69 Å². The molecule has 0 spiro atoms. The van der Waals surface area contributed by atoms with Gasteiger partial charge in [0.1, 0.15) is 0 Å². The van der Waals surface area contributed by atoms with Crippen molar-refractivity contribution < 1.29 is 9.53 Å². The van der Waals surface area contributed by atoms with Gasteiger partial charge in [-0.15, -0.1) is 0 Å². The highest BCUT2D eigenvalue weighted by atomic mass is 16.5. The van der Waals surface area contributed by atoms with Gasteiger partial charge in [0.25, 0.3) is 0 Å². The van der Waals surface area contributed by atoms with E-state index >= 15 is 0 Å². The number of hydrogen-bond donors (Lipinski definition) is 1. The zero-order valence-corrected chi connectivity index (χ0v) is 9.53. The molecule has 0 bridgehead atoms. The average Bonchev–Trinajstić information content (AvgIpc) is 3.03. The first-order valence-corrected chi connectivity index (χ1v) is 5.66. The van der Waals surface area contributed by atoms with Crippen LogP contribution in [-0.2, 0) is 16.0 Å². The summed E-state index contributed by atoms with van der Waals surface area (Å²) in [7, 11) is 0. The second kappa shape index (κ2) is 4.56. The molecule has 1 aliphatic carbocycles. The van der Waals surface area contributed by atoms with Crippen LogP contribution >= 0.6 is 0 Å². The number of esters is 1. The molecule has 0 heterocycles. The Morgan fingerprint density at radius 1 is 1.50 bits per heavy atom. The third-order valence-electron chi connectivity index (χ3n) is 2.81. The lowest BCUT2D eigenvalue weighted by atomic mass is 10.1. The molecule has 0 amide bonds. The summed E-state index contributed by atoms with van der Waals surface area (Å²) < 4.78 is 5.16. The largest absolute Gasteiger partial charge is 0.465 e. The minimum atomic E-state index is -0.178. The third-order valence-corrected chi connectivity index (χ3v) is 2.81. The lowest BCUT2D eigenvalue weighted by Crippen LogP contribution is -2.11. The number of nitrogen functional groups attached to an aromatic ring is 1. The smallest absolute Gasteiger partial charge is 0.310 e. The van der Waals surface area contributed by atoms with Crippen LogP contribution in [0.25, 0.3) is 0 Å². The van der Waals surface area contributed by atoms with Gasteiger partial charge in [0.15, 0.2) is 0 Å². The van der Waals surface area contributed by atoms with Gasteiger partial charge in [0.05, 0.1) is 13.0 Å². The Hall–Kier alpha value is -1.51. The van der Waals surface area contributed by atoms with Crippen molar-refractivity contribution in [2.75, 3.05) is 12.3 Å². The Morgan fingerprint density at radius 2 is 2.25 bits per heavy atom. The Labute approximate surface area is 95.6 Å². The molecule has 1 aromatic rings. The highest BCUT2D eigenvalue weighted by Gasteiger charge is 2.23. The molecule has 0 aromatic heterocycles. The van der Waals surface area contributed by atoms with E-state index in [0.29, 0.717) is 18.2 Å². The maximum atomic E-state index is 11.5. The molecule has 86 valence electrons. The summed E-state index contributed by atoms with van der Waals surface area (Å²) in [6.45, 7) is 2.55. The maximum Gasteiger partial charge on any atom is 0.310 e. The first-order valence-electron chi connectivity index (χ1n) is 5.66. The zero-order valence-electron chi connectivity index (χ0n) is 9.53. The minimum Gasteiger partial charge on any atom is -0.465 e. The van der Waals surface area contributed by atoms with Crippen LogP contribution in [0, 0.1) is 12.8 Å². The normalized spacial score (nSPS) is 14.8. The van der Waals surface area contributed by atoms with Crippen molar-refractivity contribution in [2.24, 2.45) is 5.92 Å². The average molecular weight is 219 g/mol. The van der Waals surface area contributed by atoms with Crippen molar-refractivity contribution >= 4 is 11.7 Å². The van der Waals surface area contributed by atoms with Crippen LogP contribution in [-0.4, -0.2) is 12.6 Å². The first kappa shape index (κ1) is 11.0. The van der Waals surface area contributed by atoms with E-state index in [2.05, 4.69) is 0 Å². The Kier molecular flexibility index (Phi) is 3.13. The number of aryl methyl sites for hydroxylation is 1. The van der Waals surface area contributed by atoms with E-state index in [1.807, 2.05) is 25.1 Å². The molecule has 1 aromatic carbocycles. The van der Waals surface area contributed by atoms with Gasteiger partial charge in [-0.25, -0.2) is 0 Å². The van der Waals surface area contributed by atoms with Crippen LogP contribution in [0.2, 0.25) is 0 Å². The van der Waals surface area contributed by atoms with Gasteiger partial charge in [0.2, 0.25) is 0 Å². The van der Waals surface area contributed by atoms with Crippen molar-refractivity contribution in [3.05, 3.63) is 29.3 Å². The standard InChI is InChI=1S/C13H17NO2/c1-9-2-5-11(12(14)6-9)7-13(15)16-8-10-3-4-10/h2,5-6,10H,3-4,7-8,14H2,1H3. The number of anilines is 1. The lowest BCUT2D eigenvalue weighted by Gasteiger charge is -2.07. The number of hydrogen-bond acceptors (Lipinski definition) is 3. The summed E-state index contributed by atoms with van der Waals surface area (Å²) in [5.74, 6) is 0.432. The van der Waals surface area contributed by atoms with E-state index in [1.54, 1.807) is 0 Å². The van der Waals surface area contributed by atoms with Crippen LogP contribution in [0.1, 0.15) is 24.0 Å². The molecule has 3 heteroatoms. The Bertz CT molecular complexity index is 397. The molecular formula is C13H17NO2. The predicted molar refractivity (Wildman–Crippen MR) is 63.0 cm³/mol. The summed E-state index contributed by atoms with van der Waals surface area (Å²) in [4.78, 5) is 11.5. The molecular weight excluding hydrogens is 202 g/mol. The topological polar surface area (TPSA) is 52.3 Å². The van der Waals surface area contributed by atoms with Gasteiger partial charge >= 0.3 is 5.97 Å².